The number of esters is 1. The SMILES string of the molecule is C=C(C)[C@@H]1CC[C@]2(C(=O)N3CCC(CCC(=O)O)CC3)CC[C@]3(C)C(CC[C@@H]4[C@@]5(C)CC[C@H](OC(=O)C6C[C@@H](C(=O)O)C6(C)C)C(C)(C)[C@@H]5CC[C@]43C)C12. The fraction of sp³-hybridized carbons (Fsp3) is 0.870. The number of fused-ring (bicyclic) bond motifs is 7. The van der Waals surface area contributed by atoms with Crippen LogP contribution in [0.3, 0.4) is 0 Å². The first-order chi connectivity index (χ1) is 25.1. The van der Waals surface area contributed by atoms with Crippen molar-refractivity contribution in [1.82, 2.24) is 4.90 Å². The van der Waals surface area contributed by atoms with Crippen LogP contribution in [0.1, 0.15) is 152 Å². The molecule has 302 valence electrons. The number of ether oxygens (including phenoxy) is 1. The molecule has 2 N–H and O–H groups in total. The van der Waals surface area contributed by atoms with Crippen LogP contribution in [0.25, 0.3) is 0 Å². The summed E-state index contributed by atoms with van der Waals surface area (Å²) in [5, 5.41) is 18.9. The Morgan fingerprint density at radius 1 is 0.741 bits per heavy atom. The maximum Gasteiger partial charge on any atom is 0.309 e. The Bertz CT molecular complexity index is 1560. The van der Waals surface area contributed by atoms with E-state index in [2.05, 4.69) is 53.0 Å². The zero-order chi connectivity index (χ0) is 39.4. The molecular formula is C46H71NO7. The van der Waals surface area contributed by atoms with E-state index in [1.165, 1.54) is 12.0 Å². The van der Waals surface area contributed by atoms with Crippen molar-refractivity contribution in [3.63, 3.8) is 0 Å². The molecule has 3 unspecified atom stereocenters. The van der Waals surface area contributed by atoms with E-state index >= 15 is 0 Å². The molecule has 7 aliphatic rings. The van der Waals surface area contributed by atoms with E-state index in [-0.39, 0.29) is 51.5 Å². The summed E-state index contributed by atoms with van der Waals surface area (Å²) >= 11 is 0. The number of hydrogen-bond acceptors (Lipinski definition) is 5. The van der Waals surface area contributed by atoms with Crippen LogP contribution in [0, 0.1) is 79.8 Å². The van der Waals surface area contributed by atoms with E-state index in [9.17, 15) is 29.4 Å². The third kappa shape index (κ3) is 5.69. The van der Waals surface area contributed by atoms with Gasteiger partial charge in [-0.15, -0.1) is 0 Å². The Labute approximate surface area is 325 Å². The lowest BCUT2D eigenvalue weighted by Crippen LogP contribution is -2.67. The molecule has 54 heavy (non-hydrogen) atoms. The van der Waals surface area contributed by atoms with Crippen LogP contribution < -0.4 is 0 Å². The summed E-state index contributed by atoms with van der Waals surface area (Å²) in [4.78, 5) is 53.7. The fourth-order valence-electron chi connectivity index (χ4n) is 15.7. The molecule has 0 aromatic carbocycles. The highest BCUT2D eigenvalue weighted by Gasteiger charge is 2.72. The second kappa shape index (κ2) is 13.4. The number of hydrogen-bond donors (Lipinski definition) is 2. The first-order valence-corrected chi connectivity index (χ1v) is 21.7. The Morgan fingerprint density at radius 2 is 1.43 bits per heavy atom. The van der Waals surface area contributed by atoms with E-state index in [4.69, 9.17) is 4.74 Å². The number of carboxylic acids is 2. The molecule has 0 aromatic heterocycles. The van der Waals surface area contributed by atoms with Crippen molar-refractivity contribution in [1.29, 1.82) is 0 Å². The van der Waals surface area contributed by atoms with Crippen LogP contribution in [-0.2, 0) is 23.9 Å². The average Bonchev–Trinajstić information content (AvgIpc) is 3.49. The van der Waals surface area contributed by atoms with Crippen molar-refractivity contribution in [3.05, 3.63) is 12.2 Å². The second-order valence-electron chi connectivity index (χ2n) is 21.8. The van der Waals surface area contributed by atoms with Crippen molar-refractivity contribution in [2.75, 3.05) is 13.1 Å². The quantitative estimate of drug-likeness (QED) is 0.187. The molecule has 0 radical (unpaired) electrons. The molecule has 1 heterocycles. The summed E-state index contributed by atoms with van der Waals surface area (Å²) in [7, 11) is 0. The number of aliphatic carboxylic acids is 2. The van der Waals surface area contributed by atoms with Crippen molar-refractivity contribution < 1.29 is 34.1 Å². The lowest BCUT2D eigenvalue weighted by atomic mass is 9.32. The van der Waals surface area contributed by atoms with Crippen LogP contribution in [0.2, 0.25) is 0 Å². The predicted molar refractivity (Wildman–Crippen MR) is 208 cm³/mol. The summed E-state index contributed by atoms with van der Waals surface area (Å²) in [6.45, 7) is 24.5. The minimum atomic E-state index is -0.823. The van der Waals surface area contributed by atoms with Crippen molar-refractivity contribution in [3.8, 4) is 0 Å². The van der Waals surface area contributed by atoms with E-state index in [0.29, 0.717) is 54.3 Å². The van der Waals surface area contributed by atoms with Gasteiger partial charge < -0.3 is 19.8 Å². The zero-order valence-corrected chi connectivity index (χ0v) is 34.8. The Balaban J connectivity index is 1.10. The van der Waals surface area contributed by atoms with Gasteiger partial charge in [-0.2, -0.15) is 0 Å². The van der Waals surface area contributed by atoms with E-state index in [1.54, 1.807) is 0 Å². The molecule has 0 bridgehead atoms. The Morgan fingerprint density at radius 3 is 2.04 bits per heavy atom. The number of nitrogens with zero attached hydrogens (tertiary/aromatic N) is 1. The molecule has 12 atom stereocenters. The molecule has 0 spiro atoms. The second-order valence-corrected chi connectivity index (χ2v) is 21.8. The minimum absolute atomic E-state index is 0.115. The van der Waals surface area contributed by atoms with E-state index < -0.39 is 23.3 Å². The minimum Gasteiger partial charge on any atom is -0.481 e. The number of allylic oxidation sites excluding steroid dienone is 1. The summed E-state index contributed by atoms with van der Waals surface area (Å²) in [6.07, 6.45) is 13.5. The Kier molecular flexibility index (Phi) is 9.85. The first-order valence-electron chi connectivity index (χ1n) is 21.7. The third-order valence-electron chi connectivity index (χ3n) is 19.2. The summed E-state index contributed by atoms with van der Waals surface area (Å²) < 4.78 is 6.43. The summed E-state index contributed by atoms with van der Waals surface area (Å²) in [6, 6.07) is 0. The van der Waals surface area contributed by atoms with Crippen molar-refractivity contribution in [2.24, 2.45) is 79.8 Å². The normalized spacial score (nSPS) is 45.1. The highest BCUT2D eigenvalue weighted by Crippen LogP contribution is 2.78. The fourth-order valence-corrected chi connectivity index (χ4v) is 15.7. The molecule has 8 nitrogen and oxygen atoms in total. The number of rotatable bonds is 8. The number of amides is 1. The van der Waals surface area contributed by atoms with E-state index in [0.717, 1.165) is 83.7 Å². The molecule has 1 aliphatic heterocycles. The smallest absolute Gasteiger partial charge is 0.309 e. The number of carbonyl (C=O) groups excluding carboxylic acids is 2. The summed E-state index contributed by atoms with van der Waals surface area (Å²) in [5.74, 6) is 0.281. The lowest BCUT2D eigenvalue weighted by molar-refractivity contribution is -0.251. The van der Waals surface area contributed by atoms with Crippen LogP contribution in [0.5, 0.6) is 0 Å². The van der Waals surface area contributed by atoms with Gasteiger partial charge in [0.1, 0.15) is 6.10 Å². The van der Waals surface area contributed by atoms with Gasteiger partial charge in [0.2, 0.25) is 5.91 Å². The first kappa shape index (κ1) is 39.8. The van der Waals surface area contributed by atoms with Gasteiger partial charge in [-0.1, -0.05) is 60.6 Å². The van der Waals surface area contributed by atoms with Gasteiger partial charge in [0, 0.05) is 24.9 Å². The van der Waals surface area contributed by atoms with Crippen LogP contribution >= 0.6 is 0 Å². The van der Waals surface area contributed by atoms with Gasteiger partial charge in [-0.05, 0) is 154 Å². The van der Waals surface area contributed by atoms with Gasteiger partial charge in [0.15, 0.2) is 0 Å². The number of piperidine rings is 1. The standard InChI is InChI=1S/C46H71NO7/c1-27(2)29-14-21-46(40(53)47-24-17-28(18-25-47)10-13-36(48)49)23-22-44(8)30(37(29)46)11-12-34-43(7)19-16-35(42(5,6)33(43)15-20-45(34,44)9)54-39(52)32-26-31(38(50)51)41(32,3)4/h28-35,37H,1,10-26H2,2-9H3,(H,48,49)(H,50,51)/t29-,30?,31-,32?,33-,34+,35-,37?,43-,44+,45+,46-/m0/s1. The van der Waals surface area contributed by atoms with Gasteiger partial charge in [0.05, 0.1) is 17.3 Å². The number of carboxylic acid groups (broad SMARTS) is 2. The van der Waals surface area contributed by atoms with Crippen molar-refractivity contribution >= 4 is 23.8 Å². The molecular weight excluding hydrogens is 679 g/mol. The number of likely N-dealkylation sites (tertiary alicyclic amines) is 1. The van der Waals surface area contributed by atoms with Crippen LogP contribution in [0.4, 0.5) is 0 Å². The topological polar surface area (TPSA) is 121 Å². The third-order valence-corrected chi connectivity index (χ3v) is 19.2. The molecule has 7 rings (SSSR count). The van der Waals surface area contributed by atoms with Crippen LogP contribution in [0.15, 0.2) is 12.2 Å². The van der Waals surface area contributed by atoms with Gasteiger partial charge in [-0.25, -0.2) is 0 Å². The zero-order valence-electron chi connectivity index (χ0n) is 34.8. The van der Waals surface area contributed by atoms with E-state index in [1.807, 2.05) is 13.8 Å². The summed E-state index contributed by atoms with van der Waals surface area (Å²) in [5.41, 5.74) is 0.515. The highest BCUT2D eigenvalue weighted by atomic mass is 16.5. The molecule has 1 amide bonds. The molecule has 7 fully saturated rings. The molecule has 0 aromatic rings. The van der Waals surface area contributed by atoms with Crippen LogP contribution in [-0.4, -0.2) is 58.1 Å². The maximum absolute atomic E-state index is 14.9. The molecule has 8 heteroatoms. The molecule has 1 saturated heterocycles. The molecule has 6 saturated carbocycles. The largest absolute Gasteiger partial charge is 0.481 e. The van der Waals surface area contributed by atoms with Gasteiger partial charge >= 0.3 is 17.9 Å². The van der Waals surface area contributed by atoms with Crippen molar-refractivity contribution in [2.45, 2.75) is 158 Å². The molecule has 6 aliphatic carbocycles. The highest BCUT2D eigenvalue weighted by molar-refractivity contribution is 5.84. The monoisotopic (exact) mass is 750 g/mol. The maximum atomic E-state index is 14.9. The lowest BCUT2D eigenvalue weighted by Gasteiger charge is -2.73. The van der Waals surface area contributed by atoms with Gasteiger partial charge in [-0.3, -0.25) is 19.2 Å². The number of carbonyl (C=O) groups is 4. The average molecular weight is 750 g/mol. The predicted octanol–water partition coefficient (Wildman–Crippen LogP) is 9.41. The van der Waals surface area contributed by atoms with Gasteiger partial charge in [0.25, 0.3) is 0 Å². The Hall–Kier alpha value is -2.38.